The van der Waals surface area contributed by atoms with Crippen molar-refractivity contribution in [2.24, 2.45) is 0 Å². The van der Waals surface area contributed by atoms with Crippen LogP contribution in [0.15, 0.2) is 52.9 Å². The number of furan rings is 1. The molecule has 2 aromatic heterocycles. The summed E-state index contributed by atoms with van der Waals surface area (Å²) in [5, 5.41) is 8.17. The largest absolute Gasteiger partial charge is 0.456 e. The number of benzene rings is 3. The van der Waals surface area contributed by atoms with Crippen LogP contribution < -0.4 is 5.32 Å². The van der Waals surface area contributed by atoms with Gasteiger partial charge < -0.3 is 9.73 Å². The van der Waals surface area contributed by atoms with Gasteiger partial charge in [0.2, 0.25) is 0 Å². The van der Waals surface area contributed by atoms with Gasteiger partial charge in [-0.15, -0.1) is 11.3 Å². The maximum atomic E-state index is 6.10. The fourth-order valence-electron chi connectivity index (χ4n) is 3.31. The Morgan fingerprint density at radius 2 is 1.57 bits per heavy atom. The lowest BCUT2D eigenvalue weighted by Gasteiger charge is -1.98. The Morgan fingerprint density at radius 1 is 0.783 bits per heavy atom. The molecule has 112 valence electrons. The van der Waals surface area contributed by atoms with Gasteiger partial charge in [-0.05, 0) is 42.8 Å². The van der Waals surface area contributed by atoms with Crippen molar-refractivity contribution in [3.05, 3.63) is 54.1 Å². The summed E-state index contributed by atoms with van der Waals surface area (Å²) in [6.45, 7) is 2.10. The van der Waals surface area contributed by atoms with Gasteiger partial charge in [0.1, 0.15) is 11.2 Å². The molecule has 1 N–H and O–H groups in total. The van der Waals surface area contributed by atoms with Crippen molar-refractivity contribution in [3.8, 4) is 0 Å². The van der Waals surface area contributed by atoms with E-state index in [0.717, 1.165) is 16.9 Å². The zero-order chi connectivity index (χ0) is 15.6. The molecular weight excluding hydrogens is 302 g/mol. The zero-order valence-corrected chi connectivity index (χ0v) is 13.8. The molecule has 0 saturated heterocycles. The fourth-order valence-corrected chi connectivity index (χ4v) is 4.47. The van der Waals surface area contributed by atoms with Gasteiger partial charge in [-0.2, -0.15) is 0 Å². The number of aryl methyl sites for hydroxylation is 1. The van der Waals surface area contributed by atoms with Crippen LogP contribution in [-0.4, -0.2) is 7.05 Å². The summed E-state index contributed by atoms with van der Waals surface area (Å²) in [5.74, 6) is 0. The average molecular weight is 317 g/mol. The summed E-state index contributed by atoms with van der Waals surface area (Å²) < 4.78 is 8.71. The molecule has 0 amide bonds. The van der Waals surface area contributed by atoms with E-state index in [-0.39, 0.29) is 0 Å². The second-order valence-corrected chi connectivity index (χ2v) is 7.09. The molecule has 0 atom stereocenters. The molecule has 0 radical (unpaired) electrons. The number of nitrogens with one attached hydrogen (secondary N) is 1. The van der Waals surface area contributed by atoms with Gasteiger partial charge in [-0.3, -0.25) is 0 Å². The minimum Gasteiger partial charge on any atom is -0.456 e. The lowest BCUT2D eigenvalue weighted by molar-refractivity contribution is 0.669. The van der Waals surface area contributed by atoms with E-state index >= 15 is 0 Å². The second kappa shape index (κ2) is 4.49. The van der Waals surface area contributed by atoms with Crippen LogP contribution in [0.3, 0.4) is 0 Å². The van der Waals surface area contributed by atoms with E-state index in [2.05, 4.69) is 60.8 Å². The van der Waals surface area contributed by atoms with E-state index in [1.807, 2.05) is 18.4 Å². The molecule has 3 aromatic carbocycles. The summed E-state index contributed by atoms with van der Waals surface area (Å²) in [5.41, 5.74) is 4.31. The molecule has 0 bridgehead atoms. The Kier molecular flexibility index (Phi) is 2.53. The first-order valence-corrected chi connectivity index (χ1v) is 8.51. The highest BCUT2D eigenvalue weighted by Gasteiger charge is 2.12. The molecule has 2 heterocycles. The highest BCUT2D eigenvalue weighted by atomic mass is 32.1. The molecule has 0 saturated carbocycles. The average Bonchev–Trinajstić information content (AvgIpc) is 3.08. The van der Waals surface area contributed by atoms with Gasteiger partial charge in [0.15, 0.2) is 0 Å². The summed E-state index contributed by atoms with van der Waals surface area (Å²) in [6, 6.07) is 17.4. The molecule has 0 spiro atoms. The van der Waals surface area contributed by atoms with Gasteiger partial charge in [-0.25, -0.2) is 0 Å². The quantitative estimate of drug-likeness (QED) is 0.392. The van der Waals surface area contributed by atoms with E-state index in [0.29, 0.717) is 0 Å². The molecule has 3 heteroatoms. The van der Waals surface area contributed by atoms with Crippen LogP contribution in [0.4, 0.5) is 5.69 Å². The van der Waals surface area contributed by atoms with Crippen LogP contribution in [0.2, 0.25) is 0 Å². The van der Waals surface area contributed by atoms with Crippen molar-refractivity contribution in [3.63, 3.8) is 0 Å². The van der Waals surface area contributed by atoms with Crippen molar-refractivity contribution in [2.75, 3.05) is 12.4 Å². The molecule has 2 nitrogen and oxygen atoms in total. The third-order valence-corrected chi connectivity index (χ3v) is 5.62. The number of thiophene rings is 1. The van der Waals surface area contributed by atoms with E-state index < -0.39 is 0 Å². The molecule has 0 aliphatic rings. The number of hydrogen-bond donors (Lipinski definition) is 1. The Morgan fingerprint density at radius 3 is 2.43 bits per heavy atom. The highest BCUT2D eigenvalue weighted by molar-refractivity contribution is 7.25. The summed E-state index contributed by atoms with van der Waals surface area (Å²) in [7, 11) is 1.95. The van der Waals surface area contributed by atoms with Gasteiger partial charge in [0.25, 0.3) is 0 Å². The Balaban J connectivity index is 1.91. The second-order valence-electron chi connectivity index (χ2n) is 6.01. The topological polar surface area (TPSA) is 25.2 Å². The van der Waals surface area contributed by atoms with Crippen molar-refractivity contribution < 1.29 is 4.42 Å². The number of hydrogen-bond acceptors (Lipinski definition) is 3. The number of anilines is 1. The van der Waals surface area contributed by atoms with Gasteiger partial charge >= 0.3 is 0 Å². The van der Waals surface area contributed by atoms with Crippen molar-refractivity contribution in [1.82, 2.24) is 0 Å². The lowest BCUT2D eigenvalue weighted by atomic mass is 10.1. The van der Waals surface area contributed by atoms with Gasteiger partial charge in [0, 0.05) is 43.7 Å². The van der Waals surface area contributed by atoms with Crippen LogP contribution in [-0.2, 0) is 0 Å². The third-order valence-electron chi connectivity index (χ3n) is 4.51. The predicted octanol–water partition coefficient (Wildman–Crippen LogP) is 6.30. The standard InChI is InChI=1S/C20H15NOS/c1-11-3-5-13-15-10-20-16(9-18(15)22-17(13)7-11)14-6-4-12(21-2)8-19(14)23-20/h3-10,21H,1-2H3. The third kappa shape index (κ3) is 1.80. The highest BCUT2D eigenvalue weighted by Crippen LogP contribution is 2.40. The Bertz CT molecular complexity index is 1210. The monoisotopic (exact) mass is 317 g/mol. The van der Waals surface area contributed by atoms with Crippen molar-refractivity contribution in [2.45, 2.75) is 6.92 Å². The predicted molar refractivity (Wildman–Crippen MR) is 101 cm³/mol. The molecule has 23 heavy (non-hydrogen) atoms. The molecule has 0 aliphatic carbocycles. The van der Waals surface area contributed by atoms with Crippen LogP contribution in [0.5, 0.6) is 0 Å². The summed E-state index contributed by atoms with van der Waals surface area (Å²) >= 11 is 1.84. The Hall–Kier alpha value is -2.52. The molecule has 5 aromatic rings. The first-order valence-electron chi connectivity index (χ1n) is 7.70. The van der Waals surface area contributed by atoms with Gasteiger partial charge in [0.05, 0.1) is 0 Å². The SMILES string of the molecule is CNc1ccc2c(c1)sc1cc3c(cc12)oc1cc(C)ccc13. The van der Waals surface area contributed by atoms with Crippen LogP contribution in [0.25, 0.3) is 42.1 Å². The fraction of sp³-hybridized carbons (Fsp3) is 0.100. The Labute approximate surface area is 137 Å². The molecule has 5 rings (SSSR count). The summed E-state index contributed by atoms with van der Waals surface area (Å²) in [6.07, 6.45) is 0. The van der Waals surface area contributed by atoms with E-state index in [9.17, 15) is 0 Å². The molecule has 0 aliphatic heterocycles. The maximum Gasteiger partial charge on any atom is 0.136 e. The minimum absolute atomic E-state index is 0.968. The zero-order valence-electron chi connectivity index (χ0n) is 12.9. The smallest absolute Gasteiger partial charge is 0.136 e. The minimum atomic E-state index is 0.968. The van der Waals surface area contributed by atoms with E-state index in [1.165, 1.54) is 36.5 Å². The van der Waals surface area contributed by atoms with E-state index in [1.54, 1.807) is 0 Å². The van der Waals surface area contributed by atoms with Gasteiger partial charge in [-0.1, -0.05) is 18.2 Å². The molecule has 0 fully saturated rings. The van der Waals surface area contributed by atoms with Crippen molar-refractivity contribution >= 4 is 59.1 Å². The normalized spacial score (nSPS) is 11.9. The first kappa shape index (κ1) is 13.0. The summed E-state index contributed by atoms with van der Waals surface area (Å²) in [4.78, 5) is 0. The van der Waals surface area contributed by atoms with Crippen LogP contribution in [0, 0.1) is 6.92 Å². The first-order chi connectivity index (χ1) is 11.2. The molecule has 0 unspecified atom stereocenters. The molecular formula is C20H15NOS. The number of rotatable bonds is 1. The van der Waals surface area contributed by atoms with Crippen LogP contribution >= 0.6 is 11.3 Å². The van der Waals surface area contributed by atoms with Crippen molar-refractivity contribution in [1.29, 1.82) is 0 Å². The van der Waals surface area contributed by atoms with E-state index in [4.69, 9.17) is 4.42 Å². The van der Waals surface area contributed by atoms with Crippen LogP contribution in [0.1, 0.15) is 5.56 Å². The maximum absolute atomic E-state index is 6.10. The number of fused-ring (bicyclic) bond motifs is 6. The lowest BCUT2D eigenvalue weighted by Crippen LogP contribution is -1.85.